The van der Waals surface area contributed by atoms with Gasteiger partial charge in [0, 0.05) is 36.1 Å². The fraction of sp³-hybridized carbons (Fsp3) is 0.147. The van der Waals surface area contributed by atoms with E-state index in [1.165, 1.54) is 0 Å². The van der Waals surface area contributed by atoms with Crippen molar-refractivity contribution in [1.82, 2.24) is 4.57 Å². The molecule has 2 heterocycles. The number of hydrogen-bond donors (Lipinski definition) is 0. The third-order valence-electron chi connectivity index (χ3n) is 7.29. The van der Waals surface area contributed by atoms with Gasteiger partial charge >= 0.3 is 0 Å². The van der Waals surface area contributed by atoms with Crippen molar-refractivity contribution in [2.75, 3.05) is 40.3 Å². The van der Waals surface area contributed by atoms with Crippen molar-refractivity contribution in [2.24, 2.45) is 0 Å². The molecule has 4 aromatic carbocycles. The standard InChI is InChI=1S/C34H30N2O5/c1-35(2)34-31(27-20-25(40-5)16-18-29(27)41-34)32-30(33(37)21-9-7-6-8-10-21)26-19-24(39-4)15-17-28(26)36(32)22-11-13-23(38-3)14-12-22/h6-20H,1-5H3. The van der Waals surface area contributed by atoms with Crippen LogP contribution in [-0.4, -0.2) is 45.8 Å². The van der Waals surface area contributed by atoms with Crippen molar-refractivity contribution in [1.29, 1.82) is 0 Å². The normalized spacial score (nSPS) is 11.1. The van der Waals surface area contributed by atoms with Gasteiger partial charge in [-0.1, -0.05) is 30.3 Å². The molecule has 0 aliphatic rings. The molecule has 0 amide bonds. The molecule has 0 N–H and O–H groups in total. The Kier molecular flexibility index (Phi) is 6.63. The lowest BCUT2D eigenvalue weighted by molar-refractivity contribution is 0.104. The van der Waals surface area contributed by atoms with Crippen molar-refractivity contribution in [3.8, 4) is 34.2 Å². The summed E-state index contributed by atoms with van der Waals surface area (Å²) in [4.78, 5) is 16.4. The Balaban J connectivity index is 1.82. The first-order chi connectivity index (χ1) is 19.9. The van der Waals surface area contributed by atoms with Gasteiger partial charge in [0.05, 0.1) is 43.7 Å². The minimum Gasteiger partial charge on any atom is -0.497 e. The van der Waals surface area contributed by atoms with Gasteiger partial charge in [-0.25, -0.2) is 0 Å². The number of ether oxygens (including phenoxy) is 3. The van der Waals surface area contributed by atoms with Crippen LogP contribution in [0.4, 0.5) is 5.88 Å². The second kappa shape index (κ2) is 10.4. The lowest BCUT2D eigenvalue weighted by Gasteiger charge is -2.16. The maximum atomic E-state index is 14.5. The average molecular weight is 547 g/mol. The zero-order valence-electron chi connectivity index (χ0n) is 23.6. The SMILES string of the molecule is COc1ccc(-n2c(-c3c(N(C)C)oc4ccc(OC)cc34)c(C(=O)c3ccccc3)c3cc(OC)ccc32)cc1. The van der Waals surface area contributed by atoms with E-state index in [0.717, 1.165) is 33.3 Å². The molecule has 7 nitrogen and oxygen atoms in total. The Morgan fingerprint density at radius 2 is 1.34 bits per heavy atom. The summed E-state index contributed by atoms with van der Waals surface area (Å²) >= 11 is 0. The van der Waals surface area contributed by atoms with Crippen molar-refractivity contribution in [3.05, 3.63) is 102 Å². The van der Waals surface area contributed by atoms with Gasteiger partial charge in [0.15, 0.2) is 5.78 Å². The maximum Gasteiger partial charge on any atom is 0.205 e. The first-order valence-electron chi connectivity index (χ1n) is 13.2. The van der Waals surface area contributed by atoms with E-state index in [-0.39, 0.29) is 5.78 Å². The molecule has 0 unspecified atom stereocenters. The smallest absolute Gasteiger partial charge is 0.205 e. The van der Waals surface area contributed by atoms with Crippen molar-refractivity contribution in [3.63, 3.8) is 0 Å². The Hall–Kier alpha value is -5.17. The summed E-state index contributed by atoms with van der Waals surface area (Å²) in [5.74, 6) is 2.61. The molecule has 0 saturated carbocycles. The van der Waals surface area contributed by atoms with E-state index < -0.39 is 0 Å². The summed E-state index contributed by atoms with van der Waals surface area (Å²) in [6.07, 6.45) is 0. The van der Waals surface area contributed by atoms with Gasteiger partial charge in [0.1, 0.15) is 22.8 Å². The first-order valence-corrected chi connectivity index (χ1v) is 13.2. The first kappa shape index (κ1) is 26.1. The molecule has 0 aliphatic heterocycles. The van der Waals surface area contributed by atoms with Gasteiger partial charge in [0.2, 0.25) is 5.88 Å². The van der Waals surface area contributed by atoms with Crippen molar-refractivity contribution < 1.29 is 23.4 Å². The zero-order chi connectivity index (χ0) is 28.7. The molecule has 2 aromatic heterocycles. The number of hydrogen-bond acceptors (Lipinski definition) is 6. The number of fused-ring (bicyclic) bond motifs is 2. The number of rotatable bonds is 8. The molecule has 0 saturated heterocycles. The predicted octanol–water partition coefficient (Wildman–Crippen LogP) is 7.37. The van der Waals surface area contributed by atoms with Crippen molar-refractivity contribution >= 4 is 33.5 Å². The highest BCUT2D eigenvalue weighted by Gasteiger charge is 2.31. The molecule has 7 heteroatoms. The second-order valence-corrected chi connectivity index (χ2v) is 9.87. The number of methoxy groups -OCH3 is 3. The van der Waals surface area contributed by atoms with Crippen molar-refractivity contribution in [2.45, 2.75) is 0 Å². The molecule has 0 aliphatic carbocycles. The van der Waals surface area contributed by atoms with E-state index in [2.05, 4.69) is 4.57 Å². The third-order valence-corrected chi connectivity index (χ3v) is 7.29. The molecular weight excluding hydrogens is 516 g/mol. The molecule has 0 fully saturated rings. The van der Waals surface area contributed by atoms with E-state index in [4.69, 9.17) is 18.6 Å². The lowest BCUT2D eigenvalue weighted by atomic mass is 9.96. The Bertz CT molecular complexity index is 1880. The summed E-state index contributed by atoms with van der Waals surface area (Å²) in [6, 6.07) is 28.7. The highest BCUT2D eigenvalue weighted by molar-refractivity contribution is 6.23. The van der Waals surface area contributed by atoms with Crippen LogP contribution < -0.4 is 19.1 Å². The number of furan rings is 1. The third kappa shape index (κ3) is 4.36. The number of aromatic nitrogens is 1. The van der Waals surface area contributed by atoms with Gasteiger partial charge in [-0.15, -0.1) is 0 Å². The molecule has 0 bridgehead atoms. The van der Waals surface area contributed by atoms with E-state index in [0.29, 0.717) is 39.8 Å². The molecule has 0 radical (unpaired) electrons. The highest BCUT2D eigenvalue weighted by Crippen LogP contribution is 2.47. The molecule has 206 valence electrons. The number of carbonyl (C=O) groups excluding carboxylic acids is 1. The molecular formula is C34H30N2O5. The quantitative estimate of drug-likeness (QED) is 0.186. The Morgan fingerprint density at radius 3 is 1.98 bits per heavy atom. The van der Waals surface area contributed by atoms with Crippen LogP contribution in [0.3, 0.4) is 0 Å². The van der Waals surface area contributed by atoms with Gasteiger partial charge < -0.3 is 28.1 Å². The van der Waals surface area contributed by atoms with Crippen LogP contribution in [0.15, 0.2) is 95.4 Å². The van der Waals surface area contributed by atoms with Crippen LogP contribution in [0.25, 0.3) is 38.8 Å². The molecule has 0 spiro atoms. The van der Waals surface area contributed by atoms with Gasteiger partial charge in [-0.05, 0) is 60.7 Å². The average Bonchev–Trinajstić information content (AvgIpc) is 3.56. The fourth-order valence-corrected chi connectivity index (χ4v) is 5.33. The van der Waals surface area contributed by atoms with Crippen LogP contribution in [0, 0.1) is 0 Å². The van der Waals surface area contributed by atoms with Crippen LogP contribution in [0.2, 0.25) is 0 Å². The van der Waals surface area contributed by atoms with Crippen LogP contribution in [-0.2, 0) is 0 Å². The van der Waals surface area contributed by atoms with E-state index in [9.17, 15) is 4.79 Å². The van der Waals surface area contributed by atoms with Gasteiger partial charge in [-0.3, -0.25) is 4.79 Å². The summed E-state index contributed by atoms with van der Waals surface area (Å²) in [7, 11) is 8.77. The second-order valence-electron chi connectivity index (χ2n) is 9.87. The topological polar surface area (TPSA) is 66.1 Å². The molecule has 0 atom stereocenters. The van der Waals surface area contributed by atoms with Crippen LogP contribution >= 0.6 is 0 Å². The predicted molar refractivity (Wildman–Crippen MR) is 162 cm³/mol. The Labute approximate surface area is 238 Å². The Morgan fingerprint density at radius 1 is 0.732 bits per heavy atom. The van der Waals surface area contributed by atoms with Gasteiger partial charge in [-0.2, -0.15) is 0 Å². The van der Waals surface area contributed by atoms with Crippen LogP contribution in [0.1, 0.15) is 15.9 Å². The minimum atomic E-state index is -0.104. The fourth-order valence-electron chi connectivity index (χ4n) is 5.33. The number of carbonyl (C=O) groups is 1. The summed E-state index contributed by atoms with van der Waals surface area (Å²) < 4.78 is 25.2. The molecule has 6 aromatic rings. The minimum absolute atomic E-state index is 0.104. The summed E-state index contributed by atoms with van der Waals surface area (Å²) in [6.45, 7) is 0. The largest absolute Gasteiger partial charge is 0.497 e. The highest BCUT2D eigenvalue weighted by atomic mass is 16.5. The number of ketones is 1. The number of benzene rings is 4. The van der Waals surface area contributed by atoms with E-state index in [1.54, 1.807) is 21.3 Å². The molecule has 41 heavy (non-hydrogen) atoms. The number of anilines is 1. The zero-order valence-corrected chi connectivity index (χ0v) is 23.6. The monoisotopic (exact) mass is 546 g/mol. The number of nitrogens with zero attached hydrogens (tertiary/aromatic N) is 2. The van der Waals surface area contributed by atoms with Crippen LogP contribution in [0.5, 0.6) is 17.2 Å². The molecule has 6 rings (SSSR count). The summed E-state index contributed by atoms with van der Waals surface area (Å²) in [5.41, 5.74) is 5.04. The van der Waals surface area contributed by atoms with E-state index in [1.807, 2.05) is 110 Å². The lowest BCUT2D eigenvalue weighted by Crippen LogP contribution is -2.11. The van der Waals surface area contributed by atoms with Gasteiger partial charge in [0.25, 0.3) is 0 Å². The maximum absolute atomic E-state index is 14.5. The summed E-state index contributed by atoms with van der Waals surface area (Å²) in [5, 5.41) is 1.60. The van der Waals surface area contributed by atoms with E-state index >= 15 is 0 Å².